The normalized spacial score (nSPS) is 11.0. The van der Waals surface area contributed by atoms with E-state index < -0.39 is 9.84 Å². The molecule has 1 N–H and O–H groups in total. The van der Waals surface area contributed by atoms with E-state index in [0.717, 1.165) is 0 Å². The van der Waals surface area contributed by atoms with Gasteiger partial charge in [-0.25, -0.2) is 8.42 Å². The van der Waals surface area contributed by atoms with Crippen LogP contribution in [0.2, 0.25) is 0 Å². The Hall–Kier alpha value is -2.34. The van der Waals surface area contributed by atoms with Crippen LogP contribution in [-0.2, 0) is 9.84 Å². The Morgan fingerprint density at radius 1 is 1.14 bits per heavy atom. The minimum Gasteiger partial charge on any atom is -0.497 e. The fourth-order valence-corrected chi connectivity index (χ4v) is 2.76. The molecular formula is C16H17NO4S. The van der Waals surface area contributed by atoms with Gasteiger partial charge < -0.3 is 10.1 Å². The minimum absolute atomic E-state index is 0.0442. The first-order valence-corrected chi connectivity index (χ1v) is 8.39. The van der Waals surface area contributed by atoms with Gasteiger partial charge in [0, 0.05) is 11.3 Å². The lowest BCUT2D eigenvalue weighted by Crippen LogP contribution is -2.12. The Morgan fingerprint density at radius 3 is 2.41 bits per heavy atom. The van der Waals surface area contributed by atoms with Crippen LogP contribution in [0.1, 0.15) is 17.3 Å². The van der Waals surface area contributed by atoms with E-state index in [0.29, 0.717) is 17.0 Å². The van der Waals surface area contributed by atoms with Crippen molar-refractivity contribution in [1.29, 1.82) is 0 Å². The van der Waals surface area contributed by atoms with Crippen molar-refractivity contribution in [3.05, 3.63) is 54.1 Å². The van der Waals surface area contributed by atoms with Crippen molar-refractivity contribution >= 4 is 21.4 Å². The van der Waals surface area contributed by atoms with E-state index in [1.807, 2.05) is 0 Å². The van der Waals surface area contributed by atoms with Crippen LogP contribution in [0, 0.1) is 0 Å². The van der Waals surface area contributed by atoms with Crippen LogP contribution in [0.3, 0.4) is 0 Å². The zero-order valence-electron chi connectivity index (χ0n) is 12.4. The number of nitrogens with one attached hydrogen (secondary N) is 1. The number of methoxy groups -OCH3 is 1. The predicted molar refractivity (Wildman–Crippen MR) is 85.1 cm³/mol. The van der Waals surface area contributed by atoms with Crippen LogP contribution in [0.4, 0.5) is 5.69 Å². The first kappa shape index (κ1) is 16.0. The van der Waals surface area contributed by atoms with Gasteiger partial charge in [-0.3, -0.25) is 4.79 Å². The molecule has 1 amide bonds. The summed E-state index contributed by atoms with van der Waals surface area (Å²) in [7, 11) is -1.70. The zero-order chi connectivity index (χ0) is 16.2. The van der Waals surface area contributed by atoms with Gasteiger partial charge in [-0.15, -0.1) is 0 Å². The van der Waals surface area contributed by atoms with E-state index in [1.165, 1.54) is 19.2 Å². The average molecular weight is 319 g/mol. The molecule has 0 radical (unpaired) electrons. The molecule has 0 unspecified atom stereocenters. The van der Waals surface area contributed by atoms with Crippen molar-refractivity contribution in [1.82, 2.24) is 0 Å². The molecule has 0 aliphatic heterocycles. The maximum Gasteiger partial charge on any atom is 0.255 e. The molecule has 2 rings (SSSR count). The molecule has 0 heterocycles. The minimum atomic E-state index is -3.23. The molecule has 116 valence electrons. The summed E-state index contributed by atoms with van der Waals surface area (Å²) >= 11 is 0. The van der Waals surface area contributed by atoms with Crippen molar-refractivity contribution in [2.24, 2.45) is 0 Å². The summed E-state index contributed by atoms with van der Waals surface area (Å²) in [5.74, 6) is 0.352. The second-order valence-corrected chi connectivity index (χ2v) is 6.89. The summed E-state index contributed by atoms with van der Waals surface area (Å²) in [4.78, 5) is 12.4. The first-order valence-electron chi connectivity index (χ1n) is 6.74. The molecule has 2 aromatic carbocycles. The Balaban J connectivity index is 2.15. The molecule has 0 saturated heterocycles. The van der Waals surface area contributed by atoms with Crippen LogP contribution in [-0.4, -0.2) is 27.2 Å². The summed E-state index contributed by atoms with van der Waals surface area (Å²) in [6.45, 7) is 1.59. The van der Waals surface area contributed by atoms with Gasteiger partial charge in [0.2, 0.25) is 0 Å². The molecule has 0 aliphatic carbocycles. The first-order chi connectivity index (χ1) is 10.5. The summed E-state index contributed by atoms with van der Waals surface area (Å²) in [5, 5.41) is 2.72. The second-order valence-electron chi connectivity index (χ2n) is 4.61. The lowest BCUT2D eigenvalue weighted by molar-refractivity contribution is 0.102. The zero-order valence-corrected chi connectivity index (χ0v) is 13.2. The largest absolute Gasteiger partial charge is 0.497 e. The average Bonchev–Trinajstić information content (AvgIpc) is 2.55. The highest BCUT2D eigenvalue weighted by Crippen LogP contribution is 2.17. The van der Waals surface area contributed by atoms with Gasteiger partial charge in [0.1, 0.15) is 5.75 Å². The Bertz CT molecular complexity index is 767. The van der Waals surface area contributed by atoms with E-state index in [-0.39, 0.29) is 16.6 Å². The Morgan fingerprint density at radius 2 is 1.82 bits per heavy atom. The third-order valence-corrected chi connectivity index (χ3v) is 4.93. The molecule has 6 heteroatoms. The molecule has 0 bridgehead atoms. The molecule has 0 spiro atoms. The van der Waals surface area contributed by atoms with Crippen molar-refractivity contribution < 1.29 is 17.9 Å². The van der Waals surface area contributed by atoms with Crippen LogP contribution >= 0.6 is 0 Å². The fraction of sp³-hybridized carbons (Fsp3) is 0.188. The highest BCUT2D eigenvalue weighted by atomic mass is 32.2. The smallest absolute Gasteiger partial charge is 0.255 e. The van der Waals surface area contributed by atoms with E-state index in [1.54, 1.807) is 43.3 Å². The number of hydrogen-bond donors (Lipinski definition) is 1. The SMILES string of the molecule is CCS(=O)(=O)c1ccc(NC(=O)c2cccc(OC)c2)cc1. The molecule has 0 aliphatic rings. The number of ether oxygens (including phenoxy) is 1. The monoisotopic (exact) mass is 319 g/mol. The lowest BCUT2D eigenvalue weighted by Gasteiger charge is -2.08. The van der Waals surface area contributed by atoms with E-state index in [4.69, 9.17) is 4.74 Å². The van der Waals surface area contributed by atoms with Crippen molar-refractivity contribution in [3.8, 4) is 5.75 Å². The number of sulfone groups is 1. The van der Waals surface area contributed by atoms with Gasteiger partial charge in [-0.05, 0) is 42.5 Å². The van der Waals surface area contributed by atoms with E-state index in [9.17, 15) is 13.2 Å². The third kappa shape index (κ3) is 3.65. The van der Waals surface area contributed by atoms with Gasteiger partial charge in [-0.2, -0.15) is 0 Å². The summed E-state index contributed by atoms with van der Waals surface area (Å²) in [6, 6.07) is 12.9. The summed E-state index contributed by atoms with van der Waals surface area (Å²) < 4.78 is 28.5. The summed E-state index contributed by atoms with van der Waals surface area (Å²) in [5.41, 5.74) is 0.993. The van der Waals surface area contributed by atoms with Crippen LogP contribution in [0.25, 0.3) is 0 Å². The predicted octanol–water partition coefficient (Wildman–Crippen LogP) is 2.74. The third-order valence-electron chi connectivity index (χ3n) is 3.18. The van der Waals surface area contributed by atoms with E-state index >= 15 is 0 Å². The number of anilines is 1. The van der Waals surface area contributed by atoms with Crippen LogP contribution < -0.4 is 10.1 Å². The van der Waals surface area contributed by atoms with Crippen LogP contribution in [0.15, 0.2) is 53.4 Å². The number of amides is 1. The van der Waals surface area contributed by atoms with Gasteiger partial charge >= 0.3 is 0 Å². The van der Waals surface area contributed by atoms with Crippen molar-refractivity contribution in [2.75, 3.05) is 18.2 Å². The summed E-state index contributed by atoms with van der Waals surface area (Å²) in [6.07, 6.45) is 0. The number of rotatable bonds is 5. The van der Waals surface area contributed by atoms with E-state index in [2.05, 4.69) is 5.32 Å². The lowest BCUT2D eigenvalue weighted by atomic mass is 10.2. The maximum atomic E-state index is 12.1. The molecule has 0 atom stereocenters. The van der Waals surface area contributed by atoms with Crippen molar-refractivity contribution in [2.45, 2.75) is 11.8 Å². The molecular weight excluding hydrogens is 302 g/mol. The number of carbonyl (C=O) groups excluding carboxylic acids is 1. The Labute approximate surface area is 129 Å². The molecule has 22 heavy (non-hydrogen) atoms. The standard InChI is InChI=1S/C16H17NO4S/c1-3-22(19,20)15-9-7-13(8-10-15)17-16(18)12-5-4-6-14(11-12)21-2/h4-11H,3H2,1-2H3,(H,17,18). The highest BCUT2D eigenvalue weighted by molar-refractivity contribution is 7.91. The van der Waals surface area contributed by atoms with Gasteiger partial charge in [0.25, 0.3) is 5.91 Å². The van der Waals surface area contributed by atoms with Gasteiger partial charge in [0.05, 0.1) is 17.8 Å². The molecule has 0 aromatic heterocycles. The molecule has 0 fully saturated rings. The van der Waals surface area contributed by atoms with Crippen LogP contribution in [0.5, 0.6) is 5.75 Å². The number of hydrogen-bond acceptors (Lipinski definition) is 4. The van der Waals surface area contributed by atoms with Gasteiger partial charge in [0.15, 0.2) is 9.84 Å². The number of benzene rings is 2. The molecule has 0 saturated carbocycles. The topological polar surface area (TPSA) is 72.5 Å². The number of carbonyl (C=O) groups is 1. The Kier molecular flexibility index (Phi) is 4.82. The second kappa shape index (κ2) is 6.62. The molecule has 5 nitrogen and oxygen atoms in total. The van der Waals surface area contributed by atoms with Gasteiger partial charge in [-0.1, -0.05) is 13.0 Å². The van der Waals surface area contributed by atoms with Crippen molar-refractivity contribution in [3.63, 3.8) is 0 Å². The maximum absolute atomic E-state index is 12.1. The highest BCUT2D eigenvalue weighted by Gasteiger charge is 2.12. The fourth-order valence-electron chi connectivity index (χ4n) is 1.88. The quantitative estimate of drug-likeness (QED) is 0.920. The molecule has 2 aromatic rings.